The number of alkyl carbamates (subject to hydrolysis) is 1. The van der Waals surface area contributed by atoms with E-state index in [2.05, 4.69) is 29.6 Å². The Hall–Kier alpha value is -2.28. The lowest BCUT2D eigenvalue weighted by Crippen LogP contribution is -2.57. The Kier molecular flexibility index (Phi) is 4.95. The summed E-state index contributed by atoms with van der Waals surface area (Å²) >= 11 is 0. The van der Waals surface area contributed by atoms with Gasteiger partial charge in [0.2, 0.25) is 0 Å². The zero-order chi connectivity index (χ0) is 18.9. The molecule has 7 nitrogen and oxygen atoms in total. The van der Waals surface area contributed by atoms with Crippen molar-refractivity contribution in [1.29, 1.82) is 0 Å². The maximum absolute atomic E-state index is 11.6. The highest BCUT2D eigenvalue weighted by molar-refractivity contribution is 5.72. The minimum absolute atomic E-state index is 0.135. The van der Waals surface area contributed by atoms with Crippen molar-refractivity contribution in [3.8, 4) is 0 Å². The maximum Gasteiger partial charge on any atom is 0.407 e. The third kappa shape index (κ3) is 3.60. The molecule has 1 saturated carbocycles. The molecule has 1 aromatic rings. The largest absolute Gasteiger partial charge is 0.465 e. The van der Waals surface area contributed by atoms with E-state index in [9.17, 15) is 14.7 Å². The number of rotatable bonds is 4. The number of nitrogens with zero attached hydrogens (tertiary/aromatic N) is 1. The van der Waals surface area contributed by atoms with E-state index < -0.39 is 23.8 Å². The summed E-state index contributed by atoms with van der Waals surface area (Å²) in [6.45, 7) is 0.870. The Morgan fingerprint density at radius 1 is 1.26 bits per heavy atom. The van der Waals surface area contributed by atoms with Crippen LogP contribution in [-0.2, 0) is 9.47 Å². The fraction of sp³-hybridized carbons (Fsp3) is 0.600. The van der Waals surface area contributed by atoms with Crippen molar-refractivity contribution < 1.29 is 24.2 Å². The molecule has 2 saturated heterocycles. The van der Waals surface area contributed by atoms with Crippen molar-refractivity contribution in [3.63, 3.8) is 0 Å². The van der Waals surface area contributed by atoms with Gasteiger partial charge in [0.1, 0.15) is 12.1 Å². The molecule has 0 radical (unpaired) electrons. The van der Waals surface area contributed by atoms with Crippen molar-refractivity contribution in [2.45, 2.75) is 55.7 Å². The monoisotopic (exact) mass is 374 g/mol. The average Bonchev–Trinajstić information content (AvgIpc) is 3.24. The van der Waals surface area contributed by atoms with Crippen LogP contribution in [0.5, 0.6) is 0 Å². The highest BCUT2D eigenvalue weighted by Crippen LogP contribution is 2.36. The van der Waals surface area contributed by atoms with Crippen molar-refractivity contribution in [2.24, 2.45) is 0 Å². The van der Waals surface area contributed by atoms with Gasteiger partial charge in [-0.2, -0.15) is 0 Å². The van der Waals surface area contributed by atoms with Gasteiger partial charge in [-0.3, -0.25) is 0 Å². The van der Waals surface area contributed by atoms with Gasteiger partial charge in [0.25, 0.3) is 0 Å². The number of ether oxygens (including phenoxy) is 2. The van der Waals surface area contributed by atoms with Crippen molar-refractivity contribution in [3.05, 3.63) is 35.9 Å². The molecule has 27 heavy (non-hydrogen) atoms. The standard InChI is InChI=1S/C20H26N2O5/c23-18-21-20(13-27-18)10-11-22(19(24)25)17(20)12-26-16-8-6-15(7-9-16)14-4-2-1-3-5-14/h1-5,15-17H,6-13H2,(H,21,23)(H,24,25). The summed E-state index contributed by atoms with van der Waals surface area (Å²) in [6.07, 6.45) is 3.32. The third-order valence-corrected chi connectivity index (χ3v) is 6.31. The van der Waals surface area contributed by atoms with Crippen LogP contribution in [0, 0.1) is 0 Å². The molecule has 3 fully saturated rings. The second kappa shape index (κ2) is 7.38. The minimum Gasteiger partial charge on any atom is -0.465 e. The number of cyclic esters (lactones) is 1. The number of nitrogens with one attached hydrogen (secondary N) is 1. The Labute approximate surface area is 158 Å². The molecule has 0 aromatic heterocycles. The molecule has 2 atom stereocenters. The number of hydrogen-bond acceptors (Lipinski definition) is 4. The first kappa shape index (κ1) is 18.1. The maximum atomic E-state index is 11.6. The van der Waals surface area contributed by atoms with E-state index in [0.717, 1.165) is 25.7 Å². The summed E-state index contributed by atoms with van der Waals surface area (Å²) in [4.78, 5) is 24.5. The second-order valence-electron chi connectivity index (χ2n) is 7.82. The summed E-state index contributed by atoms with van der Waals surface area (Å²) in [5.41, 5.74) is 0.727. The fourth-order valence-corrected chi connectivity index (χ4v) is 4.72. The van der Waals surface area contributed by atoms with Gasteiger partial charge in [0.05, 0.1) is 18.8 Å². The molecule has 0 bridgehead atoms. The van der Waals surface area contributed by atoms with Crippen molar-refractivity contribution in [1.82, 2.24) is 10.2 Å². The molecule has 4 rings (SSSR count). The summed E-state index contributed by atoms with van der Waals surface area (Å²) in [6, 6.07) is 10.2. The zero-order valence-corrected chi connectivity index (χ0v) is 15.3. The van der Waals surface area contributed by atoms with Crippen LogP contribution in [0.25, 0.3) is 0 Å². The van der Waals surface area contributed by atoms with E-state index in [0.29, 0.717) is 18.9 Å². The Balaban J connectivity index is 1.34. The van der Waals surface area contributed by atoms with E-state index in [1.165, 1.54) is 10.5 Å². The normalized spacial score (nSPS) is 33.1. The van der Waals surface area contributed by atoms with Crippen LogP contribution in [-0.4, -0.2) is 59.6 Å². The van der Waals surface area contributed by atoms with Gasteiger partial charge in [0, 0.05) is 6.54 Å². The smallest absolute Gasteiger partial charge is 0.407 e. The first-order chi connectivity index (χ1) is 13.1. The summed E-state index contributed by atoms with van der Waals surface area (Å²) in [7, 11) is 0. The second-order valence-corrected chi connectivity index (χ2v) is 7.82. The van der Waals surface area contributed by atoms with Gasteiger partial charge in [-0.25, -0.2) is 9.59 Å². The van der Waals surface area contributed by atoms with E-state index in [1.54, 1.807) is 0 Å². The van der Waals surface area contributed by atoms with E-state index in [-0.39, 0.29) is 19.3 Å². The molecule has 2 N–H and O–H groups in total. The van der Waals surface area contributed by atoms with Gasteiger partial charge in [0.15, 0.2) is 0 Å². The minimum atomic E-state index is -0.977. The lowest BCUT2D eigenvalue weighted by atomic mass is 9.82. The van der Waals surface area contributed by atoms with Gasteiger partial charge >= 0.3 is 12.2 Å². The van der Waals surface area contributed by atoms with Crippen LogP contribution in [0.2, 0.25) is 0 Å². The van der Waals surface area contributed by atoms with Crippen LogP contribution in [0.3, 0.4) is 0 Å². The van der Waals surface area contributed by atoms with Crippen LogP contribution < -0.4 is 5.32 Å². The number of benzene rings is 1. The van der Waals surface area contributed by atoms with E-state index in [4.69, 9.17) is 9.47 Å². The molecule has 1 spiro atoms. The topological polar surface area (TPSA) is 88.1 Å². The van der Waals surface area contributed by atoms with Gasteiger partial charge in [-0.15, -0.1) is 0 Å². The van der Waals surface area contributed by atoms with Crippen LogP contribution in [0.4, 0.5) is 9.59 Å². The third-order valence-electron chi connectivity index (χ3n) is 6.31. The zero-order valence-electron chi connectivity index (χ0n) is 15.3. The molecule has 1 aromatic carbocycles. The summed E-state index contributed by atoms with van der Waals surface area (Å²) < 4.78 is 11.2. The van der Waals surface area contributed by atoms with Crippen LogP contribution in [0.15, 0.2) is 30.3 Å². The number of carbonyl (C=O) groups excluding carboxylic acids is 1. The number of hydrogen-bond donors (Lipinski definition) is 2. The molecule has 2 unspecified atom stereocenters. The molecular weight excluding hydrogens is 348 g/mol. The van der Waals surface area contributed by atoms with Crippen molar-refractivity contribution >= 4 is 12.2 Å². The number of amides is 2. The van der Waals surface area contributed by atoms with Crippen LogP contribution in [0.1, 0.15) is 43.6 Å². The Bertz CT molecular complexity index is 689. The lowest BCUT2D eigenvalue weighted by molar-refractivity contribution is -0.0143. The van der Waals surface area contributed by atoms with E-state index in [1.807, 2.05) is 6.07 Å². The molecule has 2 aliphatic heterocycles. The molecular formula is C20H26N2O5. The molecule has 146 valence electrons. The van der Waals surface area contributed by atoms with Crippen molar-refractivity contribution in [2.75, 3.05) is 19.8 Å². The molecule has 3 aliphatic rings. The summed E-state index contributed by atoms with van der Waals surface area (Å²) in [5.74, 6) is 0.571. The fourth-order valence-electron chi connectivity index (χ4n) is 4.72. The summed E-state index contributed by atoms with van der Waals surface area (Å²) in [5, 5.41) is 12.3. The molecule has 1 aliphatic carbocycles. The average molecular weight is 374 g/mol. The predicted molar refractivity (Wildman–Crippen MR) is 97.7 cm³/mol. The van der Waals surface area contributed by atoms with Gasteiger partial charge < -0.3 is 24.8 Å². The van der Waals surface area contributed by atoms with Gasteiger partial charge in [-0.1, -0.05) is 30.3 Å². The lowest BCUT2D eigenvalue weighted by Gasteiger charge is -2.34. The SMILES string of the molecule is O=C1NC2(CCN(C(=O)O)C2COC2CCC(c3ccccc3)CC2)CO1. The quantitative estimate of drug-likeness (QED) is 0.846. The molecule has 7 heteroatoms. The number of likely N-dealkylation sites (tertiary alicyclic amines) is 1. The Morgan fingerprint density at radius 2 is 2.00 bits per heavy atom. The molecule has 2 heterocycles. The highest BCUT2D eigenvalue weighted by Gasteiger charge is 2.54. The number of carboxylic acid groups (broad SMARTS) is 1. The first-order valence-electron chi connectivity index (χ1n) is 9.68. The van der Waals surface area contributed by atoms with E-state index >= 15 is 0 Å². The van der Waals surface area contributed by atoms with Gasteiger partial charge in [-0.05, 0) is 43.6 Å². The predicted octanol–water partition coefficient (Wildman–Crippen LogP) is 2.96. The highest BCUT2D eigenvalue weighted by atomic mass is 16.6. The van der Waals surface area contributed by atoms with Crippen LogP contribution >= 0.6 is 0 Å². The number of carbonyl (C=O) groups is 2. The molecule has 2 amide bonds. The first-order valence-corrected chi connectivity index (χ1v) is 9.68. The Morgan fingerprint density at radius 3 is 2.63 bits per heavy atom.